The topological polar surface area (TPSA) is 85.4 Å². The fourth-order valence-corrected chi connectivity index (χ4v) is 5.52. The summed E-state index contributed by atoms with van der Waals surface area (Å²) in [6.07, 6.45) is 2.41. The number of amides is 3. The van der Waals surface area contributed by atoms with E-state index >= 15 is 0 Å². The summed E-state index contributed by atoms with van der Waals surface area (Å²) in [5.41, 5.74) is -0.559. The number of ether oxygens (including phenoxy) is 2. The van der Waals surface area contributed by atoms with Crippen molar-refractivity contribution in [1.29, 1.82) is 0 Å². The van der Waals surface area contributed by atoms with Crippen LogP contribution < -0.4 is 9.64 Å². The molecule has 2 aromatic rings. The highest BCUT2D eigenvalue weighted by Gasteiger charge is 2.48. The van der Waals surface area contributed by atoms with E-state index in [0.29, 0.717) is 54.5 Å². The van der Waals surface area contributed by atoms with E-state index in [-0.39, 0.29) is 17.7 Å². The minimum Gasteiger partial charge on any atom is -0.492 e. The van der Waals surface area contributed by atoms with Gasteiger partial charge in [0.1, 0.15) is 17.4 Å². The molecule has 1 atom stereocenters. The molecule has 5 rings (SSSR count). The molecule has 0 spiro atoms. The van der Waals surface area contributed by atoms with E-state index < -0.39 is 35.3 Å². The fourth-order valence-electron chi connectivity index (χ4n) is 5.34. The Morgan fingerprint density at radius 3 is 2.38 bits per heavy atom. The first-order chi connectivity index (χ1) is 18.5. The van der Waals surface area contributed by atoms with E-state index in [9.17, 15) is 23.2 Å². The van der Waals surface area contributed by atoms with Crippen LogP contribution in [0, 0.1) is 23.5 Å². The molecule has 3 fully saturated rings. The van der Waals surface area contributed by atoms with E-state index in [0.717, 1.165) is 23.8 Å². The minimum atomic E-state index is -1.25. The SMILES string of the molecule is CC1(C)OC(=O)N(c2ccc(Cl)c(OCC3CCC(C(=O)N4OCC[C@H]4c4cc(F)cc(F)c4)CC3)c2)C1=O. The number of hydrogen-bond acceptors (Lipinski definition) is 6. The third kappa shape index (κ3) is 5.58. The van der Waals surface area contributed by atoms with Gasteiger partial charge < -0.3 is 9.47 Å². The van der Waals surface area contributed by atoms with Crippen molar-refractivity contribution in [3.05, 3.63) is 58.6 Å². The zero-order valence-corrected chi connectivity index (χ0v) is 22.4. The van der Waals surface area contributed by atoms with Crippen molar-refractivity contribution >= 4 is 35.2 Å². The van der Waals surface area contributed by atoms with Crippen LogP contribution in [0.4, 0.5) is 19.3 Å². The van der Waals surface area contributed by atoms with Gasteiger partial charge in [0.05, 0.1) is 30.0 Å². The maximum absolute atomic E-state index is 13.8. The molecule has 3 amide bonds. The molecule has 2 aromatic carbocycles. The van der Waals surface area contributed by atoms with Crippen molar-refractivity contribution in [2.75, 3.05) is 18.1 Å². The van der Waals surface area contributed by atoms with Crippen LogP contribution in [-0.2, 0) is 19.2 Å². The van der Waals surface area contributed by atoms with Crippen LogP contribution in [-0.4, -0.2) is 41.8 Å². The van der Waals surface area contributed by atoms with Crippen molar-refractivity contribution < 1.29 is 37.5 Å². The van der Waals surface area contributed by atoms with Gasteiger partial charge in [-0.25, -0.2) is 23.5 Å². The summed E-state index contributed by atoms with van der Waals surface area (Å²) in [6, 6.07) is 7.41. The van der Waals surface area contributed by atoms with Crippen LogP contribution in [0.3, 0.4) is 0 Å². The zero-order valence-electron chi connectivity index (χ0n) is 21.6. The number of benzene rings is 2. The summed E-state index contributed by atoms with van der Waals surface area (Å²) in [6.45, 7) is 3.70. The number of anilines is 1. The van der Waals surface area contributed by atoms with Crippen molar-refractivity contribution in [3.8, 4) is 5.75 Å². The molecule has 1 aliphatic carbocycles. The van der Waals surface area contributed by atoms with Crippen LogP contribution >= 0.6 is 11.6 Å². The molecule has 2 heterocycles. The van der Waals surface area contributed by atoms with Crippen molar-refractivity contribution in [3.63, 3.8) is 0 Å². The third-order valence-electron chi connectivity index (χ3n) is 7.48. The number of nitrogens with zero attached hydrogens (tertiary/aromatic N) is 2. The first-order valence-electron chi connectivity index (χ1n) is 13.0. The summed E-state index contributed by atoms with van der Waals surface area (Å²) < 4.78 is 38.6. The number of cyclic esters (lactones) is 1. The predicted molar refractivity (Wildman–Crippen MR) is 137 cm³/mol. The molecule has 3 aliphatic rings. The first kappa shape index (κ1) is 27.3. The second-order valence-electron chi connectivity index (χ2n) is 10.7. The van der Waals surface area contributed by atoms with Crippen LogP contribution in [0.5, 0.6) is 5.75 Å². The molecular formula is C28H29ClF2N2O6. The number of carbonyl (C=O) groups excluding carboxylic acids is 3. The molecule has 208 valence electrons. The monoisotopic (exact) mass is 562 g/mol. The van der Waals surface area contributed by atoms with Gasteiger partial charge in [0.25, 0.3) is 5.91 Å². The Hall–Kier alpha value is -3.24. The van der Waals surface area contributed by atoms with Gasteiger partial charge in [-0.2, -0.15) is 0 Å². The van der Waals surface area contributed by atoms with Gasteiger partial charge in [0.2, 0.25) is 5.91 Å². The van der Waals surface area contributed by atoms with Crippen molar-refractivity contribution in [1.82, 2.24) is 5.06 Å². The summed E-state index contributed by atoms with van der Waals surface area (Å²) in [5.74, 6) is -1.79. The number of imide groups is 1. The highest BCUT2D eigenvalue weighted by molar-refractivity contribution is 6.32. The Labute approximate surface area is 229 Å². The Bertz CT molecular complexity index is 1280. The normalized spacial score (nSPS) is 24.7. The predicted octanol–water partition coefficient (Wildman–Crippen LogP) is 5.97. The van der Waals surface area contributed by atoms with Gasteiger partial charge in [-0.3, -0.25) is 14.4 Å². The molecule has 0 aromatic heterocycles. The Balaban J connectivity index is 1.17. The van der Waals surface area contributed by atoms with Gasteiger partial charge >= 0.3 is 6.09 Å². The van der Waals surface area contributed by atoms with Crippen LogP contribution in [0.1, 0.15) is 57.6 Å². The molecule has 0 radical (unpaired) electrons. The van der Waals surface area contributed by atoms with E-state index in [1.165, 1.54) is 37.1 Å². The molecule has 0 bridgehead atoms. The van der Waals surface area contributed by atoms with E-state index in [1.54, 1.807) is 12.1 Å². The van der Waals surface area contributed by atoms with E-state index in [2.05, 4.69) is 0 Å². The maximum atomic E-state index is 13.8. The number of halogens is 3. The average Bonchev–Trinajstić information content (AvgIpc) is 3.45. The largest absolute Gasteiger partial charge is 0.492 e. The van der Waals surface area contributed by atoms with E-state index in [4.69, 9.17) is 25.9 Å². The van der Waals surface area contributed by atoms with Gasteiger partial charge in [0, 0.05) is 24.5 Å². The Morgan fingerprint density at radius 1 is 1.05 bits per heavy atom. The van der Waals surface area contributed by atoms with E-state index in [1.807, 2.05) is 0 Å². The lowest BCUT2D eigenvalue weighted by molar-refractivity contribution is -0.183. The molecular weight excluding hydrogens is 534 g/mol. The molecule has 2 aliphatic heterocycles. The minimum absolute atomic E-state index is 0.165. The first-order valence-corrected chi connectivity index (χ1v) is 13.3. The van der Waals surface area contributed by atoms with Gasteiger partial charge in [-0.15, -0.1) is 0 Å². The Morgan fingerprint density at radius 2 is 1.74 bits per heavy atom. The standard InChI is InChI=1S/C28H29ClF2N2O6/c1-28(2)26(35)32(27(36)39-28)21-7-8-22(29)24(14-21)37-15-16-3-5-17(6-4-16)25(34)33-23(9-10-38-33)18-11-19(30)13-20(31)12-18/h7-8,11-14,16-17,23H,3-6,9-10,15H2,1-2H3/t16?,17?,23-/m0/s1. The quantitative estimate of drug-likeness (QED) is 0.431. The summed E-state index contributed by atoms with van der Waals surface area (Å²) in [4.78, 5) is 44.6. The lowest BCUT2D eigenvalue weighted by Crippen LogP contribution is -2.37. The number of hydrogen-bond donors (Lipinski definition) is 0. The molecule has 39 heavy (non-hydrogen) atoms. The molecule has 0 unspecified atom stereocenters. The summed E-state index contributed by atoms with van der Waals surface area (Å²) in [5, 5.41) is 1.63. The fraction of sp³-hybridized carbons (Fsp3) is 0.464. The smallest absolute Gasteiger partial charge is 0.422 e. The van der Waals surface area contributed by atoms with Crippen LogP contribution in [0.25, 0.3) is 0 Å². The van der Waals surface area contributed by atoms with Gasteiger partial charge in [-0.1, -0.05) is 11.6 Å². The molecule has 2 saturated heterocycles. The molecule has 0 N–H and O–H groups in total. The average molecular weight is 563 g/mol. The van der Waals surface area contributed by atoms with Crippen molar-refractivity contribution in [2.45, 2.75) is 57.6 Å². The van der Waals surface area contributed by atoms with Crippen LogP contribution in [0.15, 0.2) is 36.4 Å². The summed E-state index contributed by atoms with van der Waals surface area (Å²) >= 11 is 6.31. The molecule has 1 saturated carbocycles. The lowest BCUT2D eigenvalue weighted by Gasteiger charge is -2.32. The summed E-state index contributed by atoms with van der Waals surface area (Å²) in [7, 11) is 0. The maximum Gasteiger partial charge on any atom is 0.422 e. The number of carbonyl (C=O) groups is 3. The second-order valence-corrected chi connectivity index (χ2v) is 11.1. The second kappa shape index (κ2) is 10.7. The number of rotatable bonds is 6. The van der Waals surface area contributed by atoms with Crippen molar-refractivity contribution in [2.24, 2.45) is 11.8 Å². The third-order valence-corrected chi connectivity index (χ3v) is 7.79. The molecule has 11 heteroatoms. The highest BCUT2D eigenvalue weighted by Crippen LogP contribution is 2.38. The molecule has 8 nitrogen and oxygen atoms in total. The Kier molecular flexibility index (Phi) is 7.52. The highest BCUT2D eigenvalue weighted by atomic mass is 35.5. The lowest BCUT2D eigenvalue weighted by atomic mass is 9.81. The van der Waals surface area contributed by atoms with Crippen LogP contribution in [0.2, 0.25) is 5.02 Å². The van der Waals surface area contributed by atoms with Gasteiger partial charge in [-0.05, 0) is 75.3 Å². The van der Waals surface area contributed by atoms with Gasteiger partial charge in [0.15, 0.2) is 5.60 Å². The zero-order chi connectivity index (χ0) is 27.9. The number of hydroxylamine groups is 2.